The van der Waals surface area contributed by atoms with Gasteiger partial charge in [-0.25, -0.2) is 0 Å². The molecule has 0 fully saturated rings. The van der Waals surface area contributed by atoms with Gasteiger partial charge in [-0.15, -0.1) is 11.8 Å². The molecule has 0 bridgehead atoms. The summed E-state index contributed by atoms with van der Waals surface area (Å²) in [4.78, 5) is 24.2. The highest BCUT2D eigenvalue weighted by Crippen LogP contribution is 2.39. The van der Waals surface area contributed by atoms with E-state index in [9.17, 15) is 14.9 Å². The van der Waals surface area contributed by atoms with Crippen molar-refractivity contribution in [3.8, 4) is 0 Å². The molecule has 0 aliphatic heterocycles. The van der Waals surface area contributed by atoms with E-state index in [0.29, 0.717) is 10.6 Å². The fourth-order valence-electron chi connectivity index (χ4n) is 2.63. The molecule has 0 spiro atoms. The van der Waals surface area contributed by atoms with Crippen LogP contribution >= 0.6 is 23.4 Å². The number of Topliss-reactive ketones (excluding diaryl/α,β-unsaturated/α-hetero) is 1. The van der Waals surface area contributed by atoms with Crippen LogP contribution in [0, 0.1) is 10.1 Å². The third-order valence-electron chi connectivity index (χ3n) is 4.03. The van der Waals surface area contributed by atoms with Crippen LogP contribution in [0.3, 0.4) is 0 Å². The average molecular weight is 398 g/mol. The lowest BCUT2D eigenvalue weighted by Crippen LogP contribution is -2.05. The van der Waals surface area contributed by atoms with Crippen molar-refractivity contribution in [3.05, 3.63) is 105 Å². The molecule has 3 aromatic rings. The van der Waals surface area contributed by atoms with Crippen molar-refractivity contribution >= 4 is 34.8 Å². The van der Waals surface area contributed by atoms with Crippen LogP contribution < -0.4 is 0 Å². The summed E-state index contributed by atoms with van der Waals surface area (Å²) in [7, 11) is 0. The van der Waals surface area contributed by atoms with Gasteiger partial charge in [0.25, 0.3) is 5.69 Å². The van der Waals surface area contributed by atoms with Crippen molar-refractivity contribution in [3.63, 3.8) is 0 Å². The summed E-state index contributed by atoms with van der Waals surface area (Å²) < 4.78 is 0. The van der Waals surface area contributed by atoms with E-state index in [1.54, 1.807) is 36.4 Å². The molecule has 0 saturated heterocycles. The molecule has 1 atom stereocenters. The maximum atomic E-state index is 12.7. The van der Waals surface area contributed by atoms with Gasteiger partial charge in [0.15, 0.2) is 5.78 Å². The molecule has 3 rings (SSSR count). The summed E-state index contributed by atoms with van der Waals surface area (Å²) in [6.45, 7) is 0. The van der Waals surface area contributed by atoms with E-state index >= 15 is 0 Å². The van der Waals surface area contributed by atoms with Gasteiger partial charge < -0.3 is 0 Å². The van der Waals surface area contributed by atoms with Crippen LogP contribution in [0.1, 0.15) is 27.6 Å². The van der Waals surface area contributed by atoms with E-state index in [2.05, 4.69) is 0 Å². The molecule has 0 N–H and O–H groups in total. The van der Waals surface area contributed by atoms with Gasteiger partial charge in [-0.2, -0.15) is 0 Å². The third-order valence-corrected chi connectivity index (χ3v) is 5.55. The average Bonchev–Trinajstić information content (AvgIpc) is 2.70. The molecule has 4 nitrogen and oxygen atoms in total. The van der Waals surface area contributed by atoms with E-state index in [1.165, 1.54) is 23.9 Å². The topological polar surface area (TPSA) is 60.2 Å². The molecule has 0 aliphatic rings. The molecule has 0 unspecified atom stereocenters. The van der Waals surface area contributed by atoms with Crippen LogP contribution in [0.5, 0.6) is 0 Å². The fraction of sp³-hybridized carbons (Fsp3) is 0.0952. The predicted octanol–water partition coefficient (Wildman–Crippen LogP) is 6.35. The Morgan fingerprint density at radius 1 is 0.963 bits per heavy atom. The molecular formula is C21H16ClNO3S. The predicted molar refractivity (Wildman–Crippen MR) is 109 cm³/mol. The zero-order valence-corrected chi connectivity index (χ0v) is 15.8. The van der Waals surface area contributed by atoms with Crippen molar-refractivity contribution in [2.45, 2.75) is 16.6 Å². The third kappa shape index (κ3) is 5.18. The number of benzene rings is 3. The maximum Gasteiger partial charge on any atom is 0.269 e. The molecule has 0 heterocycles. The second-order valence-corrected chi connectivity index (χ2v) is 7.61. The Morgan fingerprint density at radius 3 is 2.19 bits per heavy atom. The van der Waals surface area contributed by atoms with Gasteiger partial charge in [0.1, 0.15) is 0 Å². The highest BCUT2D eigenvalue weighted by Gasteiger charge is 2.19. The number of non-ortho nitro benzene ring substituents is 1. The van der Waals surface area contributed by atoms with Crippen molar-refractivity contribution < 1.29 is 9.72 Å². The van der Waals surface area contributed by atoms with Crippen molar-refractivity contribution in [1.29, 1.82) is 0 Å². The zero-order valence-electron chi connectivity index (χ0n) is 14.2. The van der Waals surface area contributed by atoms with Crippen LogP contribution in [0.15, 0.2) is 83.8 Å². The number of carbonyl (C=O) groups is 1. The molecule has 0 amide bonds. The summed E-state index contributed by atoms with van der Waals surface area (Å²) >= 11 is 7.49. The monoisotopic (exact) mass is 397 g/mol. The lowest BCUT2D eigenvalue weighted by atomic mass is 10.0. The first-order valence-electron chi connectivity index (χ1n) is 8.28. The minimum absolute atomic E-state index is 0.0282. The Labute approximate surface area is 166 Å². The van der Waals surface area contributed by atoms with Crippen LogP contribution in [0.2, 0.25) is 5.02 Å². The summed E-state index contributed by atoms with van der Waals surface area (Å²) in [6, 6.07) is 22.9. The first kappa shape index (κ1) is 19.1. The first-order chi connectivity index (χ1) is 13.0. The van der Waals surface area contributed by atoms with E-state index < -0.39 is 4.92 Å². The van der Waals surface area contributed by atoms with Gasteiger partial charge in [0.2, 0.25) is 0 Å². The molecule has 136 valence electrons. The number of ketones is 1. The summed E-state index contributed by atoms with van der Waals surface area (Å²) in [5.74, 6) is 0.0282. The molecule has 6 heteroatoms. The standard InChI is InChI=1S/C21H16ClNO3S/c22-17-8-12-19(13-9-17)27-21(14-20(24)15-4-2-1-3-5-15)16-6-10-18(11-7-16)23(25)26/h1-13,21H,14H2/t21-/m0/s1. The molecule has 0 aliphatic carbocycles. The van der Waals surface area contributed by atoms with Crippen LogP contribution in [0.25, 0.3) is 0 Å². The number of carbonyl (C=O) groups excluding carboxylic acids is 1. The molecule has 0 aromatic heterocycles. The van der Waals surface area contributed by atoms with Crippen molar-refractivity contribution in [2.75, 3.05) is 0 Å². The summed E-state index contributed by atoms with van der Waals surface area (Å²) in [5.41, 5.74) is 1.55. The number of hydrogen-bond donors (Lipinski definition) is 0. The SMILES string of the molecule is O=C(C[C@H](Sc1ccc(Cl)cc1)c1ccc([N+](=O)[O-])cc1)c1ccccc1. The van der Waals surface area contributed by atoms with Gasteiger partial charge in [-0.1, -0.05) is 54.1 Å². The van der Waals surface area contributed by atoms with Crippen LogP contribution in [0.4, 0.5) is 5.69 Å². The number of halogens is 1. The Hall–Kier alpha value is -2.63. The van der Waals surface area contributed by atoms with Gasteiger partial charge >= 0.3 is 0 Å². The lowest BCUT2D eigenvalue weighted by molar-refractivity contribution is -0.384. The maximum absolute atomic E-state index is 12.7. The highest BCUT2D eigenvalue weighted by atomic mass is 35.5. The summed E-state index contributed by atoms with van der Waals surface area (Å²) in [5, 5.41) is 11.4. The number of thioether (sulfide) groups is 1. The van der Waals surface area contributed by atoms with Gasteiger partial charge in [0.05, 0.1) is 4.92 Å². The van der Waals surface area contributed by atoms with E-state index in [1.807, 2.05) is 30.3 Å². The summed E-state index contributed by atoms with van der Waals surface area (Å²) in [6.07, 6.45) is 0.287. The molecule has 0 radical (unpaired) electrons. The fourth-order valence-corrected chi connectivity index (χ4v) is 3.90. The van der Waals surface area contributed by atoms with Crippen LogP contribution in [-0.2, 0) is 0 Å². The van der Waals surface area contributed by atoms with Gasteiger partial charge in [0, 0.05) is 39.3 Å². The number of nitrogens with zero attached hydrogens (tertiary/aromatic N) is 1. The molecular weight excluding hydrogens is 382 g/mol. The second kappa shape index (κ2) is 8.84. The Balaban J connectivity index is 1.86. The smallest absolute Gasteiger partial charge is 0.269 e. The van der Waals surface area contributed by atoms with Crippen molar-refractivity contribution in [2.24, 2.45) is 0 Å². The largest absolute Gasteiger partial charge is 0.294 e. The Morgan fingerprint density at radius 2 is 1.59 bits per heavy atom. The highest BCUT2D eigenvalue weighted by molar-refractivity contribution is 7.99. The molecule has 3 aromatic carbocycles. The normalized spacial score (nSPS) is 11.7. The lowest BCUT2D eigenvalue weighted by Gasteiger charge is -2.17. The first-order valence-corrected chi connectivity index (χ1v) is 9.53. The number of hydrogen-bond acceptors (Lipinski definition) is 4. The van der Waals surface area contributed by atoms with Gasteiger partial charge in [-0.05, 0) is 29.8 Å². The van der Waals surface area contributed by atoms with E-state index in [4.69, 9.17) is 11.6 Å². The van der Waals surface area contributed by atoms with E-state index in [0.717, 1.165) is 10.5 Å². The number of nitro groups is 1. The Bertz CT molecular complexity index is 928. The van der Waals surface area contributed by atoms with Gasteiger partial charge in [-0.3, -0.25) is 14.9 Å². The number of nitro benzene ring substituents is 1. The second-order valence-electron chi connectivity index (χ2n) is 5.90. The van der Waals surface area contributed by atoms with Crippen molar-refractivity contribution in [1.82, 2.24) is 0 Å². The molecule has 27 heavy (non-hydrogen) atoms. The minimum Gasteiger partial charge on any atom is -0.294 e. The Kier molecular flexibility index (Phi) is 6.27. The van der Waals surface area contributed by atoms with Crippen LogP contribution in [-0.4, -0.2) is 10.7 Å². The minimum atomic E-state index is -0.430. The van der Waals surface area contributed by atoms with E-state index in [-0.39, 0.29) is 23.1 Å². The quantitative estimate of drug-likeness (QED) is 0.201. The zero-order chi connectivity index (χ0) is 19.2. The molecule has 0 saturated carbocycles. The number of rotatable bonds is 7.